The highest BCUT2D eigenvalue weighted by Gasteiger charge is 2.21. The number of likely N-dealkylation sites (N-methyl/N-ethyl adjacent to an activating group) is 1. The van der Waals surface area contributed by atoms with E-state index in [0.29, 0.717) is 6.04 Å². The van der Waals surface area contributed by atoms with E-state index >= 15 is 0 Å². The predicted octanol–water partition coefficient (Wildman–Crippen LogP) is 2.79. The number of likely N-dealkylation sites (tertiary alicyclic amines) is 1. The van der Waals surface area contributed by atoms with Gasteiger partial charge in [0.25, 0.3) is 0 Å². The van der Waals surface area contributed by atoms with E-state index in [4.69, 9.17) is 16.3 Å². The Morgan fingerprint density at radius 1 is 1.32 bits per heavy atom. The zero-order valence-corrected chi connectivity index (χ0v) is 12.3. The van der Waals surface area contributed by atoms with Crippen LogP contribution in [0.15, 0.2) is 24.3 Å². The number of ether oxygens (including phenoxy) is 1. The topological polar surface area (TPSA) is 24.5 Å². The van der Waals surface area contributed by atoms with Gasteiger partial charge >= 0.3 is 0 Å². The van der Waals surface area contributed by atoms with Crippen LogP contribution in [-0.2, 0) is 0 Å². The number of benzene rings is 1. The number of piperidine rings is 1. The monoisotopic (exact) mass is 282 g/mol. The Bertz CT molecular complexity index is 367. The van der Waals surface area contributed by atoms with Crippen molar-refractivity contribution < 1.29 is 4.74 Å². The molecular weight excluding hydrogens is 260 g/mol. The third-order valence-corrected chi connectivity index (χ3v) is 3.90. The summed E-state index contributed by atoms with van der Waals surface area (Å²) in [5, 5.41) is 4.03. The number of hydrogen-bond acceptors (Lipinski definition) is 3. The van der Waals surface area contributed by atoms with Crippen molar-refractivity contribution in [1.29, 1.82) is 0 Å². The molecule has 0 aliphatic carbocycles. The molecular formula is C15H23ClN2O. The Balaban J connectivity index is 1.75. The van der Waals surface area contributed by atoms with Crippen LogP contribution >= 0.6 is 11.6 Å². The van der Waals surface area contributed by atoms with Crippen LogP contribution < -0.4 is 10.1 Å². The predicted molar refractivity (Wildman–Crippen MR) is 80.1 cm³/mol. The lowest BCUT2D eigenvalue weighted by molar-refractivity contribution is 0.123. The molecule has 0 spiro atoms. The molecule has 1 atom stereocenters. The highest BCUT2D eigenvalue weighted by Crippen LogP contribution is 2.18. The summed E-state index contributed by atoms with van der Waals surface area (Å²) in [7, 11) is 2.02. The highest BCUT2D eigenvalue weighted by molar-refractivity contribution is 6.30. The largest absolute Gasteiger partial charge is 0.492 e. The molecule has 4 heteroatoms. The van der Waals surface area contributed by atoms with Crippen LogP contribution in [0.3, 0.4) is 0 Å². The normalized spacial score (nSPS) is 20.4. The second kappa shape index (κ2) is 7.73. The first-order valence-electron chi connectivity index (χ1n) is 7.06. The van der Waals surface area contributed by atoms with Crippen molar-refractivity contribution in [3.05, 3.63) is 29.3 Å². The maximum absolute atomic E-state index is 5.85. The molecule has 1 aliphatic heterocycles. The summed E-state index contributed by atoms with van der Waals surface area (Å²) in [5.74, 6) is 0.895. The van der Waals surface area contributed by atoms with Crippen LogP contribution in [0.2, 0.25) is 5.02 Å². The van der Waals surface area contributed by atoms with E-state index in [9.17, 15) is 0 Å². The second-order valence-electron chi connectivity index (χ2n) is 5.05. The minimum absolute atomic E-state index is 0.660. The van der Waals surface area contributed by atoms with Gasteiger partial charge in [0.1, 0.15) is 12.4 Å². The molecule has 1 aliphatic rings. The number of rotatable bonds is 6. The van der Waals surface area contributed by atoms with E-state index in [2.05, 4.69) is 10.2 Å². The van der Waals surface area contributed by atoms with E-state index in [-0.39, 0.29) is 0 Å². The fourth-order valence-electron chi connectivity index (χ4n) is 2.63. The number of nitrogens with one attached hydrogen (secondary N) is 1. The van der Waals surface area contributed by atoms with Crippen LogP contribution in [0.5, 0.6) is 5.75 Å². The zero-order chi connectivity index (χ0) is 13.5. The lowest BCUT2D eigenvalue weighted by atomic mass is 10.0. The van der Waals surface area contributed by atoms with Crippen LogP contribution in [0, 0.1) is 0 Å². The van der Waals surface area contributed by atoms with Gasteiger partial charge in [-0.15, -0.1) is 0 Å². The first kappa shape index (κ1) is 14.6. The van der Waals surface area contributed by atoms with Crippen molar-refractivity contribution in [3.8, 4) is 5.75 Å². The lowest BCUT2D eigenvalue weighted by Gasteiger charge is -2.35. The van der Waals surface area contributed by atoms with Crippen molar-refractivity contribution >= 4 is 11.6 Å². The van der Waals surface area contributed by atoms with Gasteiger partial charge in [0.05, 0.1) is 0 Å². The van der Waals surface area contributed by atoms with E-state index in [1.54, 1.807) is 0 Å². The quantitative estimate of drug-likeness (QED) is 0.868. The molecule has 0 bridgehead atoms. The first-order chi connectivity index (χ1) is 9.29. The average Bonchev–Trinajstić information content (AvgIpc) is 2.43. The summed E-state index contributed by atoms with van der Waals surface area (Å²) in [6.45, 7) is 3.99. The Morgan fingerprint density at radius 3 is 2.84 bits per heavy atom. The van der Waals surface area contributed by atoms with Gasteiger partial charge in [-0.1, -0.05) is 18.0 Å². The summed E-state index contributed by atoms with van der Waals surface area (Å²) in [4.78, 5) is 2.54. The molecule has 3 nitrogen and oxygen atoms in total. The summed E-state index contributed by atoms with van der Waals surface area (Å²) in [6.07, 6.45) is 3.95. The molecule has 1 heterocycles. The number of halogens is 1. The maximum Gasteiger partial charge on any atom is 0.119 e. The van der Waals surface area contributed by atoms with Crippen molar-refractivity contribution in [3.63, 3.8) is 0 Å². The van der Waals surface area contributed by atoms with Crippen LogP contribution in [0.4, 0.5) is 0 Å². The molecule has 0 aromatic heterocycles. The van der Waals surface area contributed by atoms with Gasteiger partial charge in [-0.3, -0.25) is 4.90 Å². The van der Waals surface area contributed by atoms with Crippen LogP contribution in [0.1, 0.15) is 19.3 Å². The lowest BCUT2D eigenvalue weighted by Crippen LogP contribution is -2.46. The SMILES string of the molecule is CNCC1CCCCN1CCOc1ccc(Cl)cc1. The fourth-order valence-corrected chi connectivity index (χ4v) is 2.76. The average molecular weight is 283 g/mol. The highest BCUT2D eigenvalue weighted by atomic mass is 35.5. The van der Waals surface area contributed by atoms with Gasteiger partial charge in [0.15, 0.2) is 0 Å². The minimum Gasteiger partial charge on any atom is -0.492 e. The van der Waals surface area contributed by atoms with Gasteiger partial charge in [-0.25, -0.2) is 0 Å². The van der Waals surface area contributed by atoms with Crippen molar-refractivity contribution in [2.45, 2.75) is 25.3 Å². The van der Waals surface area contributed by atoms with Crippen molar-refractivity contribution in [2.75, 3.05) is 33.3 Å². The van der Waals surface area contributed by atoms with E-state index < -0.39 is 0 Å². The second-order valence-corrected chi connectivity index (χ2v) is 5.48. The summed E-state index contributed by atoms with van der Waals surface area (Å²) in [6, 6.07) is 8.23. The van der Waals surface area contributed by atoms with Crippen LogP contribution in [-0.4, -0.2) is 44.2 Å². The maximum atomic E-state index is 5.85. The van der Waals surface area contributed by atoms with Crippen LogP contribution in [0.25, 0.3) is 0 Å². The Morgan fingerprint density at radius 2 is 2.11 bits per heavy atom. The molecule has 1 N–H and O–H groups in total. The Labute approximate surface area is 120 Å². The van der Waals surface area contributed by atoms with Gasteiger partial charge in [-0.05, 0) is 50.7 Å². The molecule has 106 valence electrons. The Kier molecular flexibility index (Phi) is 5.95. The molecule has 1 aromatic carbocycles. The van der Waals surface area contributed by atoms with E-state index in [1.165, 1.54) is 25.8 Å². The fraction of sp³-hybridized carbons (Fsp3) is 0.600. The number of nitrogens with zero attached hydrogens (tertiary/aromatic N) is 1. The smallest absolute Gasteiger partial charge is 0.119 e. The molecule has 0 radical (unpaired) electrons. The number of hydrogen-bond donors (Lipinski definition) is 1. The molecule has 19 heavy (non-hydrogen) atoms. The summed E-state index contributed by atoms with van der Waals surface area (Å²) in [5.41, 5.74) is 0. The van der Waals surface area contributed by atoms with Crippen molar-refractivity contribution in [1.82, 2.24) is 10.2 Å². The molecule has 1 aromatic rings. The van der Waals surface area contributed by atoms with E-state index in [1.807, 2.05) is 31.3 Å². The summed E-state index contributed by atoms with van der Waals surface area (Å²) < 4.78 is 5.77. The first-order valence-corrected chi connectivity index (χ1v) is 7.44. The van der Waals surface area contributed by atoms with Gasteiger partial charge in [0.2, 0.25) is 0 Å². The summed E-state index contributed by atoms with van der Waals surface area (Å²) >= 11 is 5.85. The third kappa shape index (κ3) is 4.68. The zero-order valence-electron chi connectivity index (χ0n) is 11.6. The molecule has 2 rings (SSSR count). The van der Waals surface area contributed by atoms with Gasteiger partial charge in [-0.2, -0.15) is 0 Å². The van der Waals surface area contributed by atoms with Crippen molar-refractivity contribution in [2.24, 2.45) is 0 Å². The molecule has 1 fully saturated rings. The third-order valence-electron chi connectivity index (χ3n) is 3.65. The minimum atomic E-state index is 0.660. The van der Waals surface area contributed by atoms with Gasteiger partial charge in [0, 0.05) is 24.2 Å². The standard InChI is InChI=1S/C15H23ClN2O/c1-17-12-14-4-2-3-9-18(14)10-11-19-15-7-5-13(16)6-8-15/h5-8,14,17H,2-4,9-12H2,1H3. The molecule has 0 saturated carbocycles. The molecule has 0 amide bonds. The Hall–Kier alpha value is -0.770. The molecule has 1 saturated heterocycles. The van der Waals surface area contributed by atoms with E-state index in [0.717, 1.165) is 30.5 Å². The van der Waals surface area contributed by atoms with Gasteiger partial charge < -0.3 is 10.1 Å². The molecule has 1 unspecified atom stereocenters.